The van der Waals surface area contributed by atoms with Gasteiger partial charge in [0.05, 0.1) is 18.9 Å². The van der Waals surface area contributed by atoms with Gasteiger partial charge in [0, 0.05) is 12.6 Å². The Morgan fingerprint density at radius 2 is 2.14 bits per heavy atom. The normalized spacial score (nSPS) is 23.8. The van der Waals surface area contributed by atoms with Crippen LogP contribution in [0, 0.1) is 5.41 Å². The van der Waals surface area contributed by atoms with Crippen molar-refractivity contribution in [1.82, 2.24) is 9.97 Å². The van der Waals surface area contributed by atoms with E-state index in [0.29, 0.717) is 5.82 Å². The van der Waals surface area contributed by atoms with E-state index < -0.39 is 10.1 Å². The second-order valence-electron chi connectivity index (χ2n) is 6.15. The molecule has 2 heterocycles. The summed E-state index contributed by atoms with van der Waals surface area (Å²) in [5, 5.41) is 0.354. The highest BCUT2D eigenvalue weighted by Crippen LogP contribution is 2.51. The van der Waals surface area contributed by atoms with Gasteiger partial charge in [-0.2, -0.15) is 8.42 Å². The topological polar surface area (TPSA) is 72.4 Å². The minimum atomic E-state index is -3.47. The number of hydrogen-bond donors (Lipinski definition) is 0. The van der Waals surface area contributed by atoms with Crippen LogP contribution in [0.1, 0.15) is 25.7 Å². The van der Waals surface area contributed by atoms with Gasteiger partial charge in [0.25, 0.3) is 10.1 Å². The Morgan fingerprint density at radius 1 is 1.41 bits per heavy atom. The summed E-state index contributed by atoms with van der Waals surface area (Å²) in [5.74, 6) is 0.621. The van der Waals surface area contributed by atoms with Crippen LogP contribution < -0.4 is 4.90 Å². The van der Waals surface area contributed by atoms with Gasteiger partial charge in [-0.05, 0) is 36.3 Å². The third-order valence-corrected chi connectivity index (χ3v) is 5.38. The van der Waals surface area contributed by atoms with Crippen LogP contribution in [-0.2, 0) is 14.3 Å². The SMILES string of the molecule is CS(=O)(=O)OCC1CC2(CCC2)CN1c1cc(Cl)nc(Cl)n1. The lowest BCUT2D eigenvalue weighted by molar-refractivity contribution is 0.154. The van der Waals surface area contributed by atoms with Crippen molar-refractivity contribution < 1.29 is 12.6 Å². The molecule has 1 aromatic rings. The third-order valence-electron chi connectivity index (χ3n) is 4.45. The van der Waals surface area contributed by atoms with Crippen molar-refractivity contribution in [3.63, 3.8) is 0 Å². The molecule has 0 radical (unpaired) electrons. The average molecular weight is 366 g/mol. The molecule has 1 aliphatic heterocycles. The predicted molar refractivity (Wildman–Crippen MR) is 84.9 cm³/mol. The fourth-order valence-electron chi connectivity index (χ4n) is 3.35. The van der Waals surface area contributed by atoms with E-state index in [9.17, 15) is 8.42 Å². The number of aromatic nitrogens is 2. The van der Waals surface area contributed by atoms with Crippen LogP contribution in [0.2, 0.25) is 10.4 Å². The van der Waals surface area contributed by atoms with E-state index in [1.54, 1.807) is 6.07 Å². The number of rotatable bonds is 4. The quantitative estimate of drug-likeness (QED) is 0.463. The average Bonchev–Trinajstić information content (AvgIpc) is 2.74. The molecule has 1 saturated heterocycles. The molecule has 22 heavy (non-hydrogen) atoms. The van der Waals surface area contributed by atoms with Gasteiger partial charge in [0.15, 0.2) is 0 Å². The van der Waals surface area contributed by atoms with E-state index in [-0.39, 0.29) is 28.5 Å². The molecular formula is C13H17Cl2N3O3S. The van der Waals surface area contributed by atoms with Crippen LogP contribution in [0.15, 0.2) is 6.07 Å². The monoisotopic (exact) mass is 365 g/mol. The molecule has 2 fully saturated rings. The van der Waals surface area contributed by atoms with Gasteiger partial charge in [-0.3, -0.25) is 4.18 Å². The first-order valence-electron chi connectivity index (χ1n) is 7.08. The van der Waals surface area contributed by atoms with Crippen molar-refractivity contribution in [3.05, 3.63) is 16.5 Å². The number of anilines is 1. The van der Waals surface area contributed by atoms with E-state index in [1.165, 1.54) is 6.42 Å². The molecule has 1 saturated carbocycles. The molecule has 1 aliphatic carbocycles. The summed E-state index contributed by atoms with van der Waals surface area (Å²) in [6.07, 6.45) is 5.45. The van der Waals surface area contributed by atoms with Crippen LogP contribution in [0.4, 0.5) is 5.82 Å². The third kappa shape index (κ3) is 3.48. The zero-order chi connectivity index (χ0) is 16.0. The molecule has 0 bridgehead atoms. The Labute approximate surface area is 139 Å². The minimum Gasteiger partial charge on any atom is -0.350 e. The van der Waals surface area contributed by atoms with E-state index in [1.807, 2.05) is 4.90 Å². The lowest BCUT2D eigenvalue weighted by Gasteiger charge is -2.38. The molecule has 0 amide bonds. The standard InChI is InChI=1S/C13H17Cl2N3O3S/c1-22(19,20)21-7-9-6-13(3-2-4-13)8-18(9)11-5-10(14)16-12(15)17-11/h5,9H,2-4,6-8H2,1H3. The maximum atomic E-state index is 11.3. The van der Waals surface area contributed by atoms with Crippen LogP contribution in [0.5, 0.6) is 0 Å². The molecule has 2 aliphatic rings. The maximum absolute atomic E-state index is 11.3. The summed E-state index contributed by atoms with van der Waals surface area (Å²) in [5.41, 5.74) is 0.232. The highest BCUT2D eigenvalue weighted by molar-refractivity contribution is 7.85. The lowest BCUT2D eigenvalue weighted by Crippen LogP contribution is -2.36. The van der Waals surface area contributed by atoms with Crippen molar-refractivity contribution in [3.8, 4) is 0 Å². The smallest absolute Gasteiger partial charge is 0.264 e. The van der Waals surface area contributed by atoms with Crippen LogP contribution in [0.3, 0.4) is 0 Å². The van der Waals surface area contributed by atoms with Crippen molar-refractivity contribution in [1.29, 1.82) is 0 Å². The molecule has 6 nitrogen and oxygen atoms in total. The first-order valence-corrected chi connectivity index (χ1v) is 9.65. The van der Waals surface area contributed by atoms with Crippen LogP contribution >= 0.6 is 23.2 Å². The molecule has 1 unspecified atom stereocenters. The lowest BCUT2D eigenvalue weighted by atomic mass is 9.67. The second-order valence-corrected chi connectivity index (χ2v) is 8.52. The Morgan fingerprint density at radius 3 is 2.68 bits per heavy atom. The minimum absolute atomic E-state index is 0.0583. The number of hydrogen-bond acceptors (Lipinski definition) is 6. The van der Waals surface area contributed by atoms with Crippen molar-refractivity contribution >= 4 is 39.1 Å². The maximum Gasteiger partial charge on any atom is 0.264 e. The molecule has 1 aromatic heterocycles. The summed E-state index contributed by atoms with van der Waals surface area (Å²) < 4.78 is 27.6. The Bertz CT molecular complexity index is 659. The molecule has 1 atom stereocenters. The number of halogens is 2. The molecule has 0 aromatic carbocycles. The Balaban J connectivity index is 1.84. The van der Waals surface area contributed by atoms with Crippen molar-refractivity contribution in [2.75, 3.05) is 24.3 Å². The van der Waals surface area contributed by atoms with Gasteiger partial charge in [0.2, 0.25) is 5.28 Å². The number of nitrogens with zero attached hydrogens (tertiary/aromatic N) is 3. The van der Waals surface area contributed by atoms with E-state index in [2.05, 4.69) is 9.97 Å². The van der Waals surface area contributed by atoms with Gasteiger partial charge in [0.1, 0.15) is 11.0 Å². The summed E-state index contributed by atoms with van der Waals surface area (Å²) in [4.78, 5) is 10.1. The van der Waals surface area contributed by atoms with Gasteiger partial charge in [-0.1, -0.05) is 18.0 Å². The molecule has 122 valence electrons. The molecule has 1 spiro atoms. The van der Waals surface area contributed by atoms with Gasteiger partial charge >= 0.3 is 0 Å². The summed E-state index contributed by atoms with van der Waals surface area (Å²) in [6.45, 7) is 0.925. The summed E-state index contributed by atoms with van der Waals surface area (Å²) in [6, 6.07) is 1.59. The van der Waals surface area contributed by atoms with Crippen LogP contribution in [-0.4, -0.2) is 43.8 Å². The first-order chi connectivity index (χ1) is 10.3. The molecule has 0 N–H and O–H groups in total. The fraction of sp³-hybridized carbons (Fsp3) is 0.692. The summed E-state index contributed by atoms with van der Waals surface area (Å²) >= 11 is 11.8. The van der Waals surface area contributed by atoms with E-state index >= 15 is 0 Å². The molecular weight excluding hydrogens is 349 g/mol. The Hall–Kier alpha value is -0.630. The largest absolute Gasteiger partial charge is 0.350 e. The van der Waals surface area contributed by atoms with E-state index in [0.717, 1.165) is 32.1 Å². The molecule has 9 heteroatoms. The fourth-order valence-corrected chi connectivity index (χ4v) is 4.15. The van der Waals surface area contributed by atoms with Crippen molar-refractivity contribution in [2.24, 2.45) is 5.41 Å². The predicted octanol–water partition coefficient (Wildman–Crippen LogP) is 2.51. The van der Waals surface area contributed by atoms with Gasteiger partial charge in [-0.25, -0.2) is 9.97 Å². The van der Waals surface area contributed by atoms with Gasteiger partial charge in [-0.15, -0.1) is 0 Å². The zero-order valence-electron chi connectivity index (χ0n) is 12.1. The van der Waals surface area contributed by atoms with Gasteiger partial charge < -0.3 is 4.90 Å². The van der Waals surface area contributed by atoms with E-state index in [4.69, 9.17) is 27.4 Å². The highest BCUT2D eigenvalue weighted by Gasteiger charge is 2.48. The summed E-state index contributed by atoms with van der Waals surface area (Å²) in [7, 11) is -3.47. The van der Waals surface area contributed by atoms with Crippen LogP contribution in [0.25, 0.3) is 0 Å². The van der Waals surface area contributed by atoms with Crippen molar-refractivity contribution in [2.45, 2.75) is 31.7 Å². The Kier molecular flexibility index (Phi) is 4.26. The second kappa shape index (κ2) is 5.78. The zero-order valence-corrected chi connectivity index (χ0v) is 14.5. The highest BCUT2D eigenvalue weighted by atomic mass is 35.5. The first kappa shape index (κ1) is 16.2. The molecule has 3 rings (SSSR count).